The minimum atomic E-state index is -1.12. The number of imidazole rings is 1. The van der Waals surface area contributed by atoms with Crippen LogP contribution in [0.2, 0.25) is 0 Å². The maximum atomic E-state index is 10.5. The van der Waals surface area contributed by atoms with Gasteiger partial charge in [0.1, 0.15) is 30.2 Å². The first-order valence-corrected chi connectivity index (χ1v) is 10.1. The van der Waals surface area contributed by atoms with Gasteiger partial charge in [0.2, 0.25) is 0 Å². The molecule has 9 N–H and O–H groups in total. The lowest BCUT2D eigenvalue weighted by Crippen LogP contribution is -2.42. The first-order chi connectivity index (χ1) is 14.1. The summed E-state index contributed by atoms with van der Waals surface area (Å²) in [7, 11) is 0. The van der Waals surface area contributed by atoms with Crippen molar-refractivity contribution < 1.29 is 14.9 Å². The molecule has 2 aromatic heterocycles. The van der Waals surface area contributed by atoms with Gasteiger partial charge in [0.05, 0.1) is 6.33 Å². The maximum absolute atomic E-state index is 10.5. The SMILES string of the molecule is NCCCCCC(CCN)NC[C@H]1O[C@@H](n2cnc3c(N)ncnc32)[C@H](O)[C@@H]1O. The van der Waals surface area contributed by atoms with Gasteiger partial charge in [0.15, 0.2) is 17.7 Å². The van der Waals surface area contributed by atoms with E-state index >= 15 is 0 Å². The number of aliphatic hydroxyl groups is 2. The highest BCUT2D eigenvalue weighted by molar-refractivity contribution is 5.81. The zero-order chi connectivity index (χ0) is 20.8. The fourth-order valence-corrected chi connectivity index (χ4v) is 3.73. The van der Waals surface area contributed by atoms with E-state index in [0.717, 1.165) is 32.1 Å². The van der Waals surface area contributed by atoms with Crippen LogP contribution in [0.4, 0.5) is 5.82 Å². The third-order valence-corrected chi connectivity index (χ3v) is 5.38. The number of ether oxygens (including phenoxy) is 1. The number of nitrogens with one attached hydrogen (secondary N) is 1. The Hall–Kier alpha value is -1.89. The number of aliphatic hydroxyl groups excluding tert-OH is 2. The quantitative estimate of drug-likeness (QED) is 0.248. The normalized spacial score (nSPS) is 25.7. The molecule has 3 rings (SSSR count). The molecule has 162 valence electrons. The molecular weight excluding hydrogens is 376 g/mol. The van der Waals surface area contributed by atoms with Crippen LogP contribution in [0.15, 0.2) is 12.7 Å². The summed E-state index contributed by atoms with van der Waals surface area (Å²) in [6.45, 7) is 1.69. The standard InChI is InChI=1S/C18H32N8O3/c19-6-3-1-2-4-11(5-7-20)22-8-12-14(27)15(28)18(29-12)26-10-25-13-16(21)23-9-24-17(13)26/h9-12,14-15,18,22,27-28H,1-8,19-20H2,(H2,21,23,24)/t11?,12-,14-,15-,18-/m1/s1. The van der Waals surface area contributed by atoms with Crippen molar-refractivity contribution in [2.75, 3.05) is 25.4 Å². The first kappa shape index (κ1) is 21.8. The summed E-state index contributed by atoms with van der Waals surface area (Å²) < 4.78 is 7.54. The molecule has 1 fully saturated rings. The topological polar surface area (TPSA) is 183 Å². The maximum Gasteiger partial charge on any atom is 0.167 e. The second kappa shape index (κ2) is 10.2. The average molecular weight is 409 g/mol. The number of hydrogen-bond donors (Lipinski definition) is 6. The van der Waals surface area contributed by atoms with E-state index < -0.39 is 24.5 Å². The van der Waals surface area contributed by atoms with Crippen molar-refractivity contribution in [1.82, 2.24) is 24.8 Å². The van der Waals surface area contributed by atoms with E-state index in [4.69, 9.17) is 21.9 Å². The van der Waals surface area contributed by atoms with Gasteiger partial charge in [0, 0.05) is 12.6 Å². The van der Waals surface area contributed by atoms with Crippen molar-refractivity contribution in [1.29, 1.82) is 0 Å². The Morgan fingerprint density at radius 2 is 1.90 bits per heavy atom. The predicted octanol–water partition coefficient (Wildman–Crippen LogP) is -1.15. The van der Waals surface area contributed by atoms with Gasteiger partial charge in [-0.2, -0.15) is 0 Å². The Kier molecular flexibility index (Phi) is 7.70. The molecule has 0 bridgehead atoms. The van der Waals surface area contributed by atoms with Crippen LogP contribution in [0.3, 0.4) is 0 Å². The van der Waals surface area contributed by atoms with Crippen LogP contribution in [-0.4, -0.2) is 73.7 Å². The van der Waals surface area contributed by atoms with Crippen LogP contribution in [-0.2, 0) is 4.74 Å². The van der Waals surface area contributed by atoms with Crippen LogP contribution in [0.25, 0.3) is 11.2 Å². The van der Waals surface area contributed by atoms with Crippen molar-refractivity contribution >= 4 is 17.0 Å². The molecule has 11 heteroatoms. The molecule has 0 spiro atoms. The van der Waals surface area contributed by atoms with Gasteiger partial charge in [-0.1, -0.05) is 12.8 Å². The molecule has 1 unspecified atom stereocenters. The number of fused-ring (bicyclic) bond motifs is 1. The number of hydrogen-bond acceptors (Lipinski definition) is 10. The molecule has 11 nitrogen and oxygen atoms in total. The lowest BCUT2D eigenvalue weighted by Gasteiger charge is -2.22. The Balaban J connectivity index is 1.62. The van der Waals surface area contributed by atoms with E-state index in [-0.39, 0.29) is 11.9 Å². The summed E-state index contributed by atoms with van der Waals surface area (Å²) in [5, 5.41) is 24.5. The lowest BCUT2D eigenvalue weighted by molar-refractivity contribution is -0.0348. The molecule has 2 aromatic rings. The summed E-state index contributed by atoms with van der Waals surface area (Å²) in [5.74, 6) is 0.249. The number of aromatic nitrogens is 4. The molecule has 0 aromatic carbocycles. The molecule has 29 heavy (non-hydrogen) atoms. The van der Waals surface area contributed by atoms with E-state index in [9.17, 15) is 10.2 Å². The molecular formula is C18H32N8O3. The fourth-order valence-electron chi connectivity index (χ4n) is 3.73. The Morgan fingerprint density at radius 1 is 1.07 bits per heavy atom. The summed E-state index contributed by atoms with van der Waals surface area (Å²) in [5.41, 5.74) is 18.0. The molecule has 0 amide bonds. The fraction of sp³-hybridized carbons (Fsp3) is 0.722. The number of anilines is 1. The summed E-state index contributed by atoms with van der Waals surface area (Å²) in [6.07, 6.45) is 4.25. The second-order valence-electron chi connectivity index (χ2n) is 7.45. The smallest absolute Gasteiger partial charge is 0.167 e. The molecule has 0 aliphatic carbocycles. The van der Waals surface area contributed by atoms with E-state index in [1.54, 1.807) is 4.57 Å². The highest BCUT2D eigenvalue weighted by atomic mass is 16.6. The molecule has 1 saturated heterocycles. The molecule has 3 heterocycles. The van der Waals surface area contributed by atoms with Crippen LogP contribution in [0, 0.1) is 0 Å². The Morgan fingerprint density at radius 3 is 2.66 bits per heavy atom. The second-order valence-corrected chi connectivity index (χ2v) is 7.45. The number of nitrogens with zero attached hydrogens (tertiary/aromatic N) is 4. The lowest BCUT2D eigenvalue weighted by atomic mass is 10.0. The molecule has 0 saturated carbocycles. The third-order valence-electron chi connectivity index (χ3n) is 5.38. The van der Waals surface area contributed by atoms with Crippen LogP contribution < -0.4 is 22.5 Å². The number of unbranched alkanes of at least 4 members (excludes halogenated alkanes) is 2. The summed E-state index contributed by atoms with van der Waals surface area (Å²) >= 11 is 0. The van der Waals surface area contributed by atoms with Crippen LogP contribution in [0.5, 0.6) is 0 Å². The van der Waals surface area contributed by atoms with Gasteiger partial charge in [-0.05, 0) is 32.4 Å². The highest BCUT2D eigenvalue weighted by Gasteiger charge is 2.44. The van der Waals surface area contributed by atoms with Crippen molar-refractivity contribution in [3.63, 3.8) is 0 Å². The zero-order valence-corrected chi connectivity index (χ0v) is 16.5. The van der Waals surface area contributed by atoms with Gasteiger partial charge in [-0.3, -0.25) is 4.57 Å². The van der Waals surface area contributed by atoms with Gasteiger partial charge in [0.25, 0.3) is 0 Å². The minimum absolute atomic E-state index is 0.228. The monoisotopic (exact) mass is 408 g/mol. The molecule has 5 atom stereocenters. The van der Waals surface area contributed by atoms with Crippen LogP contribution >= 0.6 is 0 Å². The average Bonchev–Trinajstić information content (AvgIpc) is 3.26. The van der Waals surface area contributed by atoms with E-state index in [0.29, 0.717) is 30.8 Å². The molecule has 1 aliphatic heterocycles. The summed E-state index contributed by atoms with van der Waals surface area (Å²) in [4.78, 5) is 12.3. The van der Waals surface area contributed by atoms with Gasteiger partial charge >= 0.3 is 0 Å². The third kappa shape index (κ3) is 5.00. The van der Waals surface area contributed by atoms with Crippen molar-refractivity contribution in [2.45, 2.75) is 62.7 Å². The van der Waals surface area contributed by atoms with E-state index in [1.165, 1.54) is 12.7 Å². The first-order valence-electron chi connectivity index (χ1n) is 10.1. The van der Waals surface area contributed by atoms with E-state index in [2.05, 4.69) is 20.3 Å². The van der Waals surface area contributed by atoms with Gasteiger partial charge < -0.3 is 37.5 Å². The summed E-state index contributed by atoms with van der Waals surface area (Å²) in [6, 6.07) is 0.228. The van der Waals surface area contributed by atoms with E-state index in [1.807, 2.05) is 0 Å². The molecule has 0 radical (unpaired) electrons. The van der Waals surface area contributed by atoms with Crippen molar-refractivity contribution in [2.24, 2.45) is 11.5 Å². The predicted molar refractivity (Wildman–Crippen MR) is 109 cm³/mol. The largest absolute Gasteiger partial charge is 0.387 e. The Labute approximate surface area is 169 Å². The van der Waals surface area contributed by atoms with Crippen LogP contribution in [0.1, 0.15) is 38.3 Å². The number of rotatable bonds is 11. The zero-order valence-electron chi connectivity index (χ0n) is 16.5. The highest BCUT2D eigenvalue weighted by Crippen LogP contribution is 2.31. The Bertz CT molecular complexity index is 773. The van der Waals surface area contributed by atoms with Crippen molar-refractivity contribution in [3.05, 3.63) is 12.7 Å². The van der Waals surface area contributed by atoms with Gasteiger partial charge in [-0.15, -0.1) is 0 Å². The number of nitrogen functional groups attached to an aromatic ring is 1. The molecule has 1 aliphatic rings. The number of nitrogens with two attached hydrogens (primary N) is 3. The van der Waals surface area contributed by atoms with Gasteiger partial charge in [-0.25, -0.2) is 15.0 Å². The minimum Gasteiger partial charge on any atom is -0.387 e. The van der Waals surface area contributed by atoms with Crippen molar-refractivity contribution in [3.8, 4) is 0 Å².